The number of amides is 4. The number of hydrogen-bond acceptors (Lipinski definition) is 4. The van der Waals surface area contributed by atoms with Crippen molar-refractivity contribution in [2.24, 2.45) is 5.41 Å². The molecule has 1 unspecified atom stereocenters. The van der Waals surface area contributed by atoms with Crippen LogP contribution in [0.2, 0.25) is 0 Å². The van der Waals surface area contributed by atoms with Gasteiger partial charge in [-0.05, 0) is 19.8 Å². The second-order valence-corrected chi connectivity index (χ2v) is 5.36. The summed E-state index contributed by atoms with van der Waals surface area (Å²) < 4.78 is 5.09. The Morgan fingerprint density at radius 3 is 2.47 bits per heavy atom. The van der Waals surface area contributed by atoms with E-state index in [1.165, 1.54) is 7.11 Å². The third-order valence-electron chi connectivity index (χ3n) is 4.10. The summed E-state index contributed by atoms with van der Waals surface area (Å²) >= 11 is 0. The van der Waals surface area contributed by atoms with Crippen molar-refractivity contribution in [1.29, 1.82) is 0 Å². The molecule has 106 valence electrons. The first-order valence-corrected chi connectivity index (χ1v) is 6.71. The molecule has 0 bridgehead atoms. The van der Waals surface area contributed by atoms with Crippen LogP contribution in [0.5, 0.6) is 0 Å². The van der Waals surface area contributed by atoms with Crippen LogP contribution in [0.25, 0.3) is 0 Å². The fourth-order valence-corrected chi connectivity index (χ4v) is 2.83. The van der Waals surface area contributed by atoms with Gasteiger partial charge in [-0.25, -0.2) is 4.79 Å². The Kier molecular flexibility index (Phi) is 3.89. The van der Waals surface area contributed by atoms with Crippen molar-refractivity contribution < 1.29 is 19.1 Å². The van der Waals surface area contributed by atoms with Crippen molar-refractivity contribution >= 4 is 17.8 Å². The summed E-state index contributed by atoms with van der Waals surface area (Å²) in [6, 6.07) is -0.630. The van der Waals surface area contributed by atoms with E-state index in [0.29, 0.717) is 12.8 Å². The largest absolute Gasteiger partial charge is 0.380 e. The van der Waals surface area contributed by atoms with Gasteiger partial charge in [-0.1, -0.05) is 19.3 Å². The Hall–Kier alpha value is -1.43. The number of hydrogen-bond donors (Lipinski definition) is 1. The van der Waals surface area contributed by atoms with Crippen LogP contribution in [-0.2, 0) is 14.3 Å². The van der Waals surface area contributed by atoms with Crippen molar-refractivity contribution in [3.63, 3.8) is 0 Å². The normalized spacial score (nSPS) is 24.5. The lowest BCUT2D eigenvalue weighted by Gasteiger charge is -2.41. The number of barbiturate groups is 1. The van der Waals surface area contributed by atoms with Gasteiger partial charge in [-0.2, -0.15) is 0 Å². The van der Waals surface area contributed by atoms with Gasteiger partial charge in [0.2, 0.25) is 11.8 Å². The van der Waals surface area contributed by atoms with E-state index in [4.69, 9.17) is 4.74 Å². The summed E-state index contributed by atoms with van der Waals surface area (Å²) in [7, 11) is 1.53. The predicted octanol–water partition coefficient (Wildman–Crippen LogP) is 1.05. The van der Waals surface area contributed by atoms with E-state index in [2.05, 4.69) is 5.32 Å². The zero-order valence-corrected chi connectivity index (χ0v) is 11.4. The average molecular weight is 268 g/mol. The highest BCUT2D eigenvalue weighted by Gasteiger charge is 2.53. The molecule has 2 rings (SSSR count). The number of carbonyl (C=O) groups is 3. The number of imide groups is 2. The van der Waals surface area contributed by atoms with E-state index < -0.39 is 17.4 Å². The van der Waals surface area contributed by atoms with Crippen molar-refractivity contribution in [3.05, 3.63) is 0 Å². The summed E-state index contributed by atoms with van der Waals surface area (Å²) in [5, 5.41) is 2.32. The molecule has 1 N–H and O–H groups in total. The molecule has 19 heavy (non-hydrogen) atoms. The molecule has 4 amide bonds. The monoisotopic (exact) mass is 268 g/mol. The molecule has 1 saturated carbocycles. The zero-order valence-electron chi connectivity index (χ0n) is 11.4. The van der Waals surface area contributed by atoms with E-state index in [9.17, 15) is 14.4 Å². The van der Waals surface area contributed by atoms with Crippen molar-refractivity contribution in [2.45, 2.75) is 45.1 Å². The van der Waals surface area contributed by atoms with Gasteiger partial charge >= 0.3 is 6.03 Å². The van der Waals surface area contributed by atoms with Crippen molar-refractivity contribution in [1.82, 2.24) is 10.2 Å². The quantitative estimate of drug-likeness (QED) is 0.776. The smallest absolute Gasteiger partial charge is 0.330 e. The molecule has 2 fully saturated rings. The van der Waals surface area contributed by atoms with E-state index in [1.54, 1.807) is 6.92 Å². The fourth-order valence-electron chi connectivity index (χ4n) is 2.83. The van der Waals surface area contributed by atoms with Gasteiger partial charge in [0, 0.05) is 7.11 Å². The molecular weight excluding hydrogens is 248 g/mol. The summed E-state index contributed by atoms with van der Waals surface area (Å²) in [5.41, 5.74) is -1.03. The van der Waals surface area contributed by atoms with Crippen LogP contribution in [0.4, 0.5) is 4.79 Å². The molecule has 1 heterocycles. The minimum Gasteiger partial charge on any atom is -0.380 e. The second kappa shape index (κ2) is 5.28. The average Bonchev–Trinajstić information content (AvgIpc) is 2.42. The molecule has 1 atom stereocenters. The summed E-state index contributed by atoms with van der Waals surface area (Å²) in [5.74, 6) is -0.784. The third-order valence-corrected chi connectivity index (χ3v) is 4.10. The Morgan fingerprint density at radius 2 is 1.89 bits per heavy atom. The van der Waals surface area contributed by atoms with Gasteiger partial charge in [0.1, 0.15) is 5.41 Å². The maximum Gasteiger partial charge on any atom is 0.330 e. The van der Waals surface area contributed by atoms with Crippen LogP contribution in [0, 0.1) is 5.41 Å². The number of nitrogens with zero attached hydrogens (tertiary/aromatic N) is 1. The molecular formula is C13H20N2O4. The summed E-state index contributed by atoms with van der Waals surface area (Å²) in [6.07, 6.45) is 3.54. The standard InChI is InChI=1S/C13H20N2O4/c1-9(19-2)8-15-11(17)13(6-4-3-5-7-13)10(16)14-12(15)18/h9H,3-8H2,1-2H3,(H,14,16,18). The SMILES string of the molecule is COC(C)CN1C(=O)NC(=O)C2(CCCCC2)C1=O. The van der Waals surface area contributed by atoms with Crippen LogP contribution in [0.3, 0.4) is 0 Å². The molecule has 0 aromatic carbocycles. The molecule has 0 radical (unpaired) electrons. The number of nitrogens with one attached hydrogen (secondary N) is 1. The van der Waals surface area contributed by atoms with Gasteiger partial charge in [-0.3, -0.25) is 19.8 Å². The van der Waals surface area contributed by atoms with Crippen LogP contribution in [0.15, 0.2) is 0 Å². The molecule has 0 aromatic rings. The molecule has 1 saturated heterocycles. The van der Waals surface area contributed by atoms with Gasteiger partial charge < -0.3 is 4.74 Å². The maximum atomic E-state index is 12.6. The van der Waals surface area contributed by atoms with Crippen LogP contribution in [0.1, 0.15) is 39.0 Å². The van der Waals surface area contributed by atoms with Crippen LogP contribution < -0.4 is 5.32 Å². The van der Waals surface area contributed by atoms with Gasteiger partial charge in [0.05, 0.1) is 12.6 Å². The third kappa shape index (κ3) is 2.36. The number of methoxy groups -OCH3 is 1. The lowest BCUT2D eigenvalue weighted by molar-refractivity contribution is -0.154. The number of rotatable bonds is 3. The van der Waals surface area contributed by atoms with Gasteiger partial charge in [0.15, 0.2) is 0 Å². The number of carbonyl (C=O) groups excluding carboxylic acids is 3. The van der Waals surface area contributed by atoms with Crippen molar-refractivity contribution in [3.8, 4) is 0 Å². The predicted molar refractivity (Wildman–Crippen MR) is 67.2 cm³/mol. The molecule has 1 spiro atoms. The fraction of sp³-hybridized carbons (Fsp3) is 0.769. The lowest BCUT2D eigenvalue weighted by Crippen LogP contribution is -2.65. The lowest BCUT2D eigenvalue weighted by atomic mass is 9.71. The number of ether oxygens (including phenoxy) is 1. The Bertz CT molecular complexity index is 401. The topological polar surface area (TPSA) is 75.7 Å². The summed E-state index contributed by atoms with van der Waals surface area (Å²) in [6.45, 7) is 1.96. The molecule has 0 aromatic heterocycles. The molecule has 6 heteroatoms. The second-order valence-electron chi connectivity index (χ2n) is 5.36. The highest BCUT2D eigenvalue weighted by molar-refractivity contribution is 6.19. The highest BCUT2D eigenvalue weighted by Crippen LogP contribution is 2.40. The molecule has 1 aliphatic carbocycles. The zero-order chi connectivity index (χ0) is 14.0. The molecule has 1 aliphatic heterocycles. The van der Waals surface area contributed by atoms with Gasteiger partial charge in [0.25, 0.3) is 0 Å². The maximum absolute atomic E-state index is 12.6. The Labute approximate surface area is 112 Å². The van der Waals surface area contributed by atoms with E-state index in [-0.39, 0.29) is 18.6 Å². The van der Waals surface area contributed by atoms with Crippen LogP contribution >= 0.6 is 0 Å². The first-order chi connectivity index (χ1) is 9.01. The Balaban J connectivity index is 2.23. The molecule has 6 nitrogen and oxygen atoms in total. The van der Waals surface area contributed by atoms with Crippen LogP contribution in [-0.4, -0.2) is 42.5 Å². The Morgan fingerprint density at radius 1 is 1.26 bits per heavy atom. The number of urea groups is 1. The first kappa shape index (κ1) is 14.0. The van der Waals surface area contributed by atoms with Crippen molar-refractivity contribution in [2.75, 3.05) is 13.7 Å². The van der Waals surface area contributed by atoms with E-state index >= 15 is 0 Å². The molecule has 2 aliphatic rings. The minimum atomic E-state index is -1.03. The highest BCUT2D eigenvalue weighted by atomic mass is 16.5. The van der Waals surface area contributed by atoms with Gasteiger partial charge in [-0.15, -0.1) is 0 Å². The first-order valence-electron chi connectivity index (χ1n) is 6.71. The van der Waals surface area contributed by atoms with E-state index in [0.717, 1.165) is 24.2 Å². The van der Waals surface area contributed by atoms with E-state index in [1.807, 2.05) is 0 Å². The minimum absolute atomic E-state index is 0.177. The summed E-state index contributed by atoms with van der Waals surface area (Å²) in [4.78, 5) is 37.6.